The monoisotopic (exact) mass is 839 g/mol. The molecule has 2 aromatic carbocycles. The van der Waals surface area contributed by atoms with Crippen molar-refractivity contribution in [1.82, 2.24) is 9.80 Å². The Morgan fingerprint density at radius 2 is 0.867 bits per heavy atom. The van der Waals surface area contributed by atoms with Crippen LogP contribution in [0.25, 0.3) is 0 Å². The van der Waals surface area contributed by atoms with Crippen LogP contribution in [0.1, 0.15) is 108 Å². The lowest BCUT2D eigenvalue weighted by Gasteiger charge is -2.53. The third-order valence-electron chi connectivity index (χ3n) is 11.8. The fraction of sp³-hybridized carbons (Fsp3) is 0.667. The van der Waals surface area contributed by atoms with E-state index in [2.05, 4.69) is 65.2 Å². The van der Waals surface area contributed by atoms with Crippen LogP contribution in [0.3, 0.4) is 0 Å². The molecular formula is C48H74N2O10. The topological polar surface area (TPSA) is 114 Å². The number of piperidine rings is 2. The molecule has 0 aliphatic carbocycles. The largest absolute Gasteiger partial charge is 0.486 e. The first-order chi connectivity index (χ1) is 28.3. The lowest BCUT2D eigenvalue weighted by atomic mass is 9.79. The molecule has 0 saturated carbocycles. The standard InChI is InChI=1S/C48H74N2O10/c1-35(31-53-11)57-41-21-15-13-19-39(41)55-33-37(29-49-45(3,4)25-17-26-46(49,5)6)59-43(51)23-24-44(52)60-38(30-50-47(7,8)27-18-28-48(50,9)10)34-56-40-20-14-16-22-42(40)58-36(2)32-54-12/h13-16,19-24,35-38H,17-18,25-34H2,1-12H3/b24-23+. The summed E-state index contributed by atoms with van der Waals surface area (Å²) in [7, 11) is 3.26. The second-order valence-electron chi connectivity index (χ2n) is 18.9. The summed E-state index contributed by atoms with van der Waals surface area (Å²) < 4.78 is 47.6. The molecule has 12 heteroatoms. The molecule has 0 radical (unpaired) electrons. The summed E-state index contributed by atoms with van der Waals surface area (Å²) in [5.41, 5.74) is -0.532. The van der Waals surface area contributed by atoms with E-state index in [0.29, 0.717) is 49.3 Å². The van der Waals surface area contributed by atoms with Gasteiger partial charge in [-0.2, -0.15) is 0 Å². The van der Waals surface area contributed by atoms with Gasteiger partial charge in [-0.1, -0.05) is 24.3 Å². The van der Waals surface area contributed by atoms with E-state index < -0.39 is 24.1 Å². The van der Waals surface area contributed by atoms with E-state index in [1.807, 2.05) is 62.4 Å². The zero-order chi connectivity index (χ0) is 44.1. The molecule has 2 aliphatic heterocycles. The lowest BCUT2D eigenvalue weighted by molar-refractivity contribution is -0.152. The van der Waals surface area contributed by atoms with Gasteiger partial charge in [0.05, 0.1) is 13.2 Å². The van der Waals surface area contributed by atoms with Gasteiger partial charge in [-0.25, -0.2) is 9.59 Å². The highest BCUT2D eigenvalue weighted by Crippen LogP contribution is 2.40. The van der Waals surface area contributed by atoms with E-state index >= 15 is 0 Å². The Bertz CT molecular complexity index is 1540. The zero-order valence-electron chi connectivity index (χ0n) is 38.5. The number of nitrogens with zero attached hydrogens (tertiary/aromatic N) is 2. The number of ether oxygens (including phenoxy) is 8. The molecule has 60 heavy (non-hydrogen) atoms. The van der Waals surface area contributed by atoms with Crippen LogP contribution in [-0.2, 0) is 28.5 Å². The molecule has 0 aromatic heterocycles. The number of carbonyl (C=O) groups excluding carboxylic acids is 2. The molecular weight excluding hydrogens is 765 g/mol. The number of likely N-dealkylation sites (tertiary alicyclic amines) is 2. The Labute approximate surface area is 360 Å². The van der Waals surface area contributed by atoms with Crippen LogP contribution in [0.5, 0.6) is 23.0 Å². The summed E-state index contributed by atoms with van der Waals surface area (Å²) >= 11 is 0. The van der Waals surface area contributed by atoms with Crippen molar-refractivity contribution in [2.75, 3.05) is 53.7 Å². The molecule has 2 heterocycles. The van der Waals surface area contributed by atoms with Crippen LogP contribution in [0, 0.1) is 0 Å². The van der Waals surface area contributed by atoms with E-state index in [1.54, 1.807) is 14.2 Å². The maximum Gasteiger partial charge on any atom is 0.331 e. The van der Waals surface area contributed by atoms with Crippen molar-refractivity contribution in [2.24, 2.45) is 0 Å². The summed E-state index contributed by atoms with van der Waals surface area (Å²) in [4.78, 5) is 32.0. The second kappa shape index (κ2) is 21.8. The Balaban J connectivity index is 1.52. The van der Waals surface area contributed by atoms with E-state index in [9.17, 15) is 9.59 Å². The number of hydrogen-bond acceptors (Lipinski definition) is 12. The molecule has 336 valence electrons. The van der Waals surface area contributed by atoms with E-state index in [-0.39, 0.29) is 47.6 Å². The first kappa shape index (κ1) is 48.8. The van der Waals surface area contributed by atoms with Crippen molar-refractivity contribution in [2.45, 2.75) is 154 Å². The van der Waals surface area contributed by atoms with Crippen molar-refractivity contribution < 1.29 is 47.5 Å². The van der Waals surface area contributed by atoms with Crippen molar-refractivity contribution in [3.05, 3.63) is 60.7 Å². The zero-order valence-corrected chi connectivity index (χ0v) is 38.5. The first-order valence-electron chi connectivity index (χ1n) is 21.7. The second-order valence-corrected chi connectivity index (χ2v) is 18.9. The fourth-order valence-corrected chi connectivity index (χ4v) is 8.94. The smallest absolute Gasteiger partial charge is 0.331 e. The third-order valence-corrected chi connectivity index (χ3v) is 11.8. The number of rotatable bonds is 22. The summed E-state index contributed by atoms with van der Waals surface area (Å²) in [6, 6.07) is 14.9. The molecule has 0 spiro atoms. The van der Waals surface area contributed by atoms with Crippen molar-refractivity contribution in [1.29, 1.82) is 0 Å². The molecule has 0 bridgehead atoms. The normalized spacial score (nSPS) is 20.7. The highest BCUT2D eigenvalue weighted by Gasteiger charge is 2.44. The molecule has 12 nitrogen and oxygen atoms in total. The Kier molecular flexibility index (Phi) is 17.7. The van der Waals surface area contributed by atoms with Gasteiger partial charge in [0.1, 0.15) is 37.6 Å². The Morgan fingerprint density at radius 3 is 1.18 bits per heavy atom. The van der Waals surface area contributed by atoms with Crippen molar-refractivity contribution in [3.63, 3.8) is 0 Å². The quantitative estimate of drug-likeness (QED) is 0.0838. The summed E-state index contributed by atoms with van der Waals surface area (Å²) in [6.45, 7) is 23.5. The van der Waals surface area contributed by atoms with E-state index in [0.717, 1.165) is 50.7 Å². The maximum atomic E-state index is 13.6. The summed E-state index contributed by atoms with van der Waals surface area (Å²) in [5.74, 6) is 0.858. The molecule has 2 saturated heterocycles. The first-order valence-corrected chi connectivity index (χ1v) is 21.7. The van der Waals surface area contributed by atoms with Crippen LogP contribution in [0.15, 0.2) is 60.7 Å². The molecule has 2 aromatic rings. The fourth-order valence-electron chi connectivity index (χ4n) is 8.94. The Morgan fingerprint density at radius 1 is 0.550 bits per heavy atom. The van der Waals surface area contributed by atoms with Gasteiger partial charge in [0.25, 0.3) is 0 Å². The van der Waals surface area contributed by atoms with Gasteiger partial charge in [0.15, 0.2) is 23.0 Å². The van der Waals surface area contributed by atoms with E-state index in [4.69, 9.17) is 37.9 Å². The molecule has 2 aliphatic rings. The number of hydrogen-bond donors (Lipinski definition) is 0. The predicted molar refractivity (Wildman–Crippen MR) is 234 cm³/mol. The minimum Gasteiger partial charge on any atom is -0.486 e. The average molecular weight is 839 g/mol. The van der Waals surface area contributed by atoms with Crippen LogP contribution >= 0.6 is 0 Å². The van der Waals surface area contributed by atoms with Crippen molar-refractivity contribution in [3.8, 4) is 23.0 Å². The van der Waals surface area contributed by atoms with Gasteiger partial charge < -0.3 is 37.9 Å². The Hall–Kier alpha value is -3.84. The van der Waals surface area contributed by atoms with Crippen LogP contribution in [-0.4, -0.2) is 122 Å². The SMILES string of the molecule is COCC(C)Oc1ccccc1OCC(CN1C(C)(C)CCCC1(C)C)OC(=O)/C=C/C(=O)OC(COc1ccccc1OC(C)COC)CN1C(C)(C)CCCC1(C)C. The van der Waals surface area contributed by atoms with Gasteiger partial charge in [-0.3, -0.25) is 9.80 Å². The molecule has 4 rings (SSSR count). The molecule has 2 fully saturated rings. The number of carbonyl (C=O) groups is 2. The molecule has 4 unspecified atom stereocenters. The van der Waals surface area contributed by atoms with Gasteiger partial charge in [-0.05, 0) is 132 Å². The molecule has 0 N–H and O–H groups in total. The minimum absolute atomic E-state index is 0.0714. The van der Waals surface area contributed by atoms with Crippen LogP contribution < -0.4 is 18.9 Å². The molecule has 4 atom stereocenters. The van der Waals surface area contributed by atoms with Gasteiger partial charge in [-0.15, -0.1) is 0 Å². The van der Waals surface area contributed by atoms with E-state index in [1.165, 1.54) is 0 Å². The summed E-state index contributed by atoms with van der Waals surface area (Å²) in [6.07, 6.45) is 6.82. The van der Waals surface area contributed by atoms with Gasteiger partial charge in [0.2, 0.25) is 0 Å². The maximum absolute atomic E-state index is 13.6. The van der Waals surface area contributed by atoms with Crippen LogP contribution in [0.4, 0.5) is 0 Å². The number of esters is 2. The number of methoxy groups -OCH3 is 2. The number of benzene rings is 2. The van der Waals surface area contributed by atoms with Crippen molar-refractivity contribution >= 4 is 11.9 Å². The summed E-state index contributed by atoms with van der Waals surface area (Å²) in [5, 5.41) is 0. The van der Waals surface area contributed by atoms with Crippen LogP contribution in [0.2, 0.25) is 0 Å². The number of para-hydroxylation sites is 4. The van der Waals surface area contributed by atoms with Gasteiger partial charge in [0, 0.05) is 61.6 Å². The predicted octanol–water partition coefficient (Wildman–Crippen LogP) is 8.44. The lowest BCUT2D eigenvalue weighted by Crippen LogP contribution is -2.61. The average Bonchev–Trinajstić information content (AvgIpc) is 3.15. The third kappa shape index (κ3) is 14.4. The highest BCUT2D eigenvalue weighted by atomic mass is 16.6. The highest BCUT2D eigenvalue weighted by molar-refractivity contribution is 5.91. The molecule has 0 amide bonds. The minimum atomic E-state index is -0.672. The van der Waals surface area contributed by atoms with Gasteiger partial charge >= 0.3 is 11.9 Å².